The molecule has 172 valence electrons. The third kappa shape index (κ3) is 4.90. The molecular formula is C29H34N2O2. The molecule has 3 aromatic carbocycles. The minimum Gasteiger partial charge on any atom is -0.494 e. The van der Waals surface area contributed by atoms with E-state index < -0.39 is 5.66 Å². The predicted molar refractivity (Wildman–Crippen MR) is 135 cm³/mol. The van der Waals surface area contributed by atoms with Gasteiger partial charge in [-0.2, -0.15) is 0 Å². The molecule has 1 amide bonds. The van der Waals surface area contributed by atoms with Crippen LogP contribution in [0.15, 0.2) is 78.9 Å². The van der Waals surface area contributed by atoms with E-state index in [2.05, 4.69) is 55.6 Å². The minimum absolute atomic E-state index is 0.0980. The molecule has 4 nitrogen and oxygen atoms in total. The molecule has 4 rings (SSSR count). The first-order chi connectivity index (χ1) is 16.2. The average molecular weight is 443 g/mol. The molecule has 1 N–H and O–H groups in total. The van der Waals surface area contributed by atoms with Crippen LogP contribution in [0.2, 0.25) is 0 Å². The van der Waals surface area contributed by atoms with Crippen molar-refractivity contribution in [1.29, 1.82) is 0 Å². The summed E-state index contributed by atoms with van der Waals surface area (Å²) in [5.41, 5.74) is 3.50. The van der Waals surface area contributed by atoms with Gasteiger partial charge in [-0.25, -0.2) is 0 Å². The predicted octanol–water partition coefficient (Wildman–Crippen LogP) is 6.63. The van der Waals surface area contributed by atoms with Gasteiger partial charge in [0.05, 0.1) is 12.2 Å². The molecule has 4 heteroatoms. The fraction of sp³-hybridized carbons (Fsp3) is 0.345. The van der Waals surface area contributed by atoms with Gasteiger partial charge < -0.3 is 15.0 Å². The Balaban J connectivity index is 1.50. The molecule has 1 unspecified atom stereocenters. The molecule has 1 heterocycles. The Morgan fingerprint density at radius 1 is 0.879 bits per heavy atom. The third-order valence-corrected chi connectivity index (χ3v) is 6.51. The van der Waals surface area contributed by atoms with E-state index in [4.69, 9.17) is 4.74 Å². The van der Waals surface area contributed by atoms with Gasteiger partial charge in [0.25, 0.3) is 5.91 Å². The second-order valence-electron chi connectivity index (χ2n) is 8.66. The van der Waals surface area contributed by atoms with E-state index in [9.17, 15) is 4.79 Å². The molecule has 0 radical (unpaired) electrons. The molecule has 1 atom stereocenters. The van der Waals surface area contributed by atoms with Crippen LogP contribution in [0.5, 0.6) is 5.75 Å². The molecule has 0 spiro atoms. The highest BCUT2D eigenvalue weighted by atomic mass is 16.5. The van der Waals surface area contributed by atoms with E-state index in [0.29, 0.717) is 6.61 Å². The van der Waals surface area contributed by atoms with E-state index >= 15 is 0 Å². The first-order valence-corrected chi connectivity index (χ1v) is 12.1. The Morgan fingerprint density at radius 2 is 1.61 bits per heavy atom. The van der Waals surface area contributed by atoms with Crippen molar-refractivity contribution in [3.8, 4) is 5.75 Å². The zero-order chi connectivity index (χ0) is 23.1. The summed E-state index contributed by atoms with van der Waals surface area (Å²) in [7, 11) is 0. The van der Waals surface area contributed by atoms with Crippen LogP contribution in [0.3, 0.4) is 0 Å². The van der Waals surface area contributed by atoms with E-state index in [0.717, 1.165) is 61.2 Å². The number of hydrogen-bond acceptors (Lipinski definition) is 3. The second kappa shape index (κ2) is 10.6. The third-order valence-electron chi connectivity index (χ3n) is 6.51. The van der Waals surface area contributed by atoms with Crippen LogP contribution in [-0.4, -0.2) is 24.0 Å². The molecule has 0 bridgehead atoms. The van der Waals surface area contributed by atoms with E-state index in [1.165, 1.54) is 5.56 Å². The number of hydrogen-bond donors (Lipinski definition) is 1. The summed E-state index contributed by atoms with van der Waals surface area (Å²) >= 11 is 0. The van der Waals surface area contributed by atoms with Gasteiger partial charge in [-0.3, -0.25) is 4.79 Å². The van der Waals surface area contributed by atoms with Crippen LogP contribution in [0.1, 0.15) is 61.0 Å². The number of ether oxygens (including phenoxy) is 1. The lowest BCUT2D eigenvalue weighted by molar-refractivity contribution is 0.0478. The number of benzene rings is 3. The first kappa shape index (κ1) is 22.9. The van der Waals surface area contributed by atoms with Crippen molar-refractivity contribution in [1.82, 2.24) is 4.90 Å². The van der Waals surface area contributed by atoms with Gasteiger partial charge in [0, 0.05) is 12.2 Å². The molecule has 1 aliphatic heterocycles. The number of carbonyl (C=O) groups is 1. The Labute approximate surface area is 197 Å². The number of nitrogens with one attached hydrogen (secondary N) is 1. The molecule has 33 heavy (non-hydrogen) atoms. The molecule has 0 saturated heterocycles. The van der Waals surface area contributed by atoms with Crippen molar-refractivity contribution in [3.05, 3.63) is 95.6 Å². The highest BCUT2D eigenvalue weighted by Gasteiger charge is 2.44. The number of fused-ring (bicyclic) bond motifs is 1. The van der Waals surface area contributed by atoms with Crippen molar-refractivity contribution >= 4 is 11.6 Å². The van der Waals surface area contributed by atoms with Crippen LogP contribution in [0.25, 0.3) is 0 Å². The van der Waals surface area contributed by atoms with Crippen molar-refractivity contribution in [3.63, 3.8) is 0 Å². The summed E-state index contributed by atoms with van der Waals surface area (Å²) in [4.78, 5) is 15.5. The number of anilines is 1. The fourth-order valence-electron chi connectivity index (χ4n) is 4.65. The Bertz CT molecular complexity index is 1050. The van der Waals surface area contributed by atoms with Crippen LogP contribution in [0, 0.1) is 0 Å². The lowest BCUT2D eigenvalue weighted by Crippen LogP contribution is -2.57. The van der Waals surface area contributed by atoms with Crippen LogP contribution >= 0.6 is 0 Å². The van der Waals surface area contributed by atoms with E-state index in [1.54, 1.807) is 0 Å². The summed E-state index contributed by atoms with van der Waals surface area (Å²) in [6.07, 6.45) is 4.77. The second-order valence-corrected chi connectivity index (χ2v) is 8.66. The maximum absolute atomic E-state index is 13.5. The van der Waals surface area contributed by atoms with Crippen molar-refractivity contribution in [2.45, 2.75) is 51.6 Å². The molecule has 0 fully saturated rings. The number of para-hydroxylation sites is 1. The number of rotatable bonds is 10. The summed E-state index contributed by atoms with van der Waals surface area (Å²) in [6.45, 7) is 5.71. The van der Waals surface area contributed by atoms with Crippen LogP contribution in [-0.2, 0) is 12.1 Å². The van der Waals surface area contributed by atoms with Crippen LogP contribution < -0.4 is 10.1 Å². The summed E-state index contributed by atoms with van der Waals surface area (Å²) < 4.78 is 6.00. The van der Waals surface area contributed by atoms with Gasteiger partial charge in [0.2, 0.25) is 0 Å². The van der Waals surface area contributed by atoms with Gasteiger partial charge in [-0.15, -0.1) is 0 Å². The monoisotopic (exact) mass is 442 g/mol. The van der Waals surface area contributed by atoms with Crippen molar-refractivity contribution in [2.75, 3.05) is 18.5 Å². The molecule has 3 aromatic rings. The molecular weight excluding hydrogens is 408 g/mol. The fourth-order valence-corrected chi connectivity index (χ4v) is 4.65. The number of unbranched alkanes of at least 4 members (excludes halogenated alkanes) is 1. The minimum atomic E-state index is -0.563. The Kier molecular flexibility index (Phi) is 7.33. The topological polar surface area (TPSA) is 41.6 Å². The molecule has 0 aromatic heterocycles. The average Bonchev–Trinajstić information content (AvgIpc) is 2.87. The number of nitrogens with zero attached hydrogens (tertiary/aromatic N) is 1. The maximum atomic E-state index is 13.5. The van der Waals surface area contributed by atoms with Gasteiger partial charge in [0.1, 0.15) is 11.4 Å². The highest BCUT2D eigenvalue weighted by Crippen LogP contribution is 2.40. The first-order valence-electron chi connectivity index (χ1n) is 12.1. The SMILES string of the molecule is CCCCN1C(=O)c2ccccc2NC1(CC)c1ccc(OCCCc2ccccc2)cc1. The number of carbonyl (C=O) groups excluding carboxylic acids is 1. The number of aryl methyl sites for hydroxylation is 1. The molecule has 1 aliphatic rings. The highest BCUT2D eigenvalue weighted by molar-refractivity contribution is 6.02. The van der Waals surface area contributed by atoms with E-state index in [-0.39, 0.29) is 5.91 Å². The van der Waals surface area contributed by atoms with Crippen molar-refractivity contribution < 1.29 is 9.53 Å². The van der Waals surface area contributed by atoms with Crippen LogP contribution in [0.4, 0.5) is 5.69 Å². The Morgan fingerprint density at radius 3 is 2.33 bits per heavy atom. The van der Waals surface area contributed by atoms with E-state index in [1.807, 2.05) is 47.4 Å². The van der Waals surface area contributed by atoms with Gasteiger partial charge in [0.15, 0.2) is 0 Å². The summed E-state index contributed by atoms with van der Waals surface area (Å²) in [6, 6.07) is 26.6. The quantitative estimate of drug-likeness (QED) is 0.358. The molecule has 0 saturated carbocycles. The zero-order valence-electron chi connectivity index (χ0n) is 19.7. The Hall–Kier alpha value is -3.27. The van der Waals surface area contributed by atoms with Gasteiger partial charge in [-0.1, -0.05) is 74.9 Å². The van der Waals surface area contributed by atoms with Gasteiger partial charge in [-0.05, 0) is 61.1 Å². The lowest BCUT2D eigenvalue weighted by atomic mass is 9.89. The van der Waals surface area contributed by atoms with Gasteiger partial charge >= 0.3 is 0 Å². The number of amides is 1. The maximum Gasteiger partial charge on any atom is 0.258 e. The lowest BCUT2D eigenvalue weighted by Gasteiger charge is -2.48. The summed E-state index contributed by atoms with van der Waals surface area (Å²) in [5.74, 6) is 0.960. The standard InChI is InChI=1S/C29H34N2O2/c1-3-5-21-31-28(32)26-15-9-10-16-27(26)30-29(31,4-2)24-17-19-25(20-18-24)33-22-11-14-23-12-7-6-8-13-23/h6-10,12-13,15-20,30H,3-5,11,14,21-22H2,1-2H3. The van der Waals surface area contributed by atoms with Crippen molar-refractivity contribution in [2.24, 2.45) is 0 Å². The zero-order valence-corrected chi connectivity index (χ0v) is 19.7. The largest absolute Gasteiger partial charge is 0.494 e. The molecule has 0 aliphatic carbocycles. The summed E-state index contributed by atoms with van der Waals surface area (Å²) in [5, 5.41) is 3.72. The smallest absolute Gasteiger partial charge is 0.258 e. The normalized spacial score (nSPS) is 17.4.